The Labute approximate surface area is 154 Å². The van der Waals surface area contributed by atoms with Crippen LogP contribution in [0.25, 0.3) is 10.9 Å². The summed E-state index contributed by atoms with van der Waals surface area (Å²) in [5.41, 5.74) is 3.06. The minimum Gasteiger partial charge on any atom is -0.350 e. The first-order chi connectivity index (χ1) is 12.2. The van der Waals surface area contributed by atoms with Crippen LogP contribution in [0.15, 0.2) is 18.2 Å². The van der Waals surface area contributed by atoms with Crippen molar-refractivity contribution in [2.75, 3.05) is 25.1 Å². The third-order valence-corrected chi connectivity index (χ3v) is 6.81. The Morgan fingerprint density at radius 1 is 1.42 bits per heavy atom. The zero-order valence-corrected chi connectivity index (χ0v) is 16.3. The molecule has 0 aliphatic carbocycles. The van der Waals surface area contributed by atoms with Gasteiger partial charge in [-0.25, -0.2) is 8.42 Å². The number of aromatic nitrogens is 2. The molecular formula is C18H26N4O3S. The van der Waals surface area contributed by atoms with E-state index in [4.69, 9.17) is 0 Å². The van der Waals surface area contributed by atoms with Crippen molar-refractivity contribution in [2.45, 2.75) is 32.4 Å². The normalized spacial score (nSPS) is 19.3. The Bertz CT molecular complexity index is 920. The smallest absolute Gasteiger partial charge is 0.221 e. The Balaban J connectivity index is 1.52. The number of carbonyl (C=O) groups is 1. The van der Waals surface area contributed by atoms with Gasteiger partial charge in [0.2, 0.25) is 5.91 Å². The second-order valence-electron chi connectivity index (χ2n) is 7.16. The molecule has 26 heavy (non-hydrogen) atoms. The first-order valence-corrected chi connectivity index (χ1v) is 10.7. The van der Waals surface area contributed by atoms with Gasteiger partial charge in [0.05, 0.1) is 29.3 Å². The molecule has 1 aromatic carbocycles. The van der Waals surface area contributed by atoms with Crippen LogP contribution in [0, 0.1) is 6.92 Å². The van der Waals surface area contributed by atoms with Gasteiger partial charge in [-0.05, 0) is 32.5 Å². The van der Waals surface area contributed by atoms with Crippen LogP contribution in [0.3, 0.4) is 0 Å². The van der Waals surface area contributed by atoms with Crippen molar-refractivity contribution in [1.29, 1.82) is 0 Å². The molecule has 1 unspecified atom stereocenters. The van der Waals surface area contributed by atoms with Gasteiger partial charge < -0.3 is 10.2 Å². The molecule has 142 valence electrons. The molecule has 0 spiro atoms. The summed E-state index contributed by atoms with van der Waals surface area (Å²) in [5, 5.41) is 8.48. The van der Waals surface area contributed by atoms with Gasteiger partial charge in [0, 0.05) is 31.4 Å². The second kappa shape index (κ2) is 7.36. The average Bonchev–Trinajstić information content (AvgIpc) is 3.10. The van der Waals surface area contributed by atoms with E-state index in [0.29, 0.717) is 25.9 Å². The molecule has 7 nitrogen and oxygen atoms in total. The van der Waals surface area contributed by atoms with Gasteiger partial charge in [-0.3, -0.25) is 9.48 Å². The van der Waals surface area contributed by atoms with Crippen LogP contribution in [0.5, 0.6) is 0 Å². The van der Waals surface area contributed by atoms with Gasteiger partial charge in [0.1, 0.15) is 0 Å². The average molecular weight is 378 g/mol. The molecule has 1 amide bonds. The van der Waals surface area contributed by atoms with Crippen LogP contribution in [0.1, 0.15) is 24.1 Å². The summed E-state index contributed by atoms with van der Waals surface area (Å²) in [7, 11) is 0.879. The molecule has 2 aromatic rings. The van der Waals surface area contributed by atoms with Crippen molar-refractivity contribution < 1.29 is 13.2 Å². The van der Waals surface area contributed by atoms with E-state index in [-0.39, 0.29) is 23.5 Å². The third-order valence-electron chi connectivity index (χ3n) is 5.06. The number of nitrogens with one attached hydrogen (secondary N) is 1. The SMILES string of the molecule is Cc1ccc2c(c1)c(CNC(=O)CCN(C)C1CCS(=O)(=O)C1)nn2C. The molecule has 3 rings (SSSR count). The topological polar surface area (TPSA) is 84.3 Å². The Hall–Kier alpha value is -1.93. The van der Waals surface area contributed by atoms with Crippen molar-refractivity contribution in [3.8, 4) is 0 Å². The lowest BCUT2D eigenvalue weighted by Crippen LogP contribution is -2.36. The lowest BCUT2D eigenvalue weighted by molar-refractivity contribution is -0.121. The predicted octanol–water partition coefficient (Wildman–Crippen LogP) is 1.01. The number of carbonyl (C=O) groups excluding carboxylic acids is 1. The monoisotopic (exact) mass is 378 g/mol. The number of hydrogen-bond acceptors (Lipinski definition) is 5. The lowest BCUT2D eigenvalue weighted by atomic mass is 10.1. The van der Waals surface area contributed by atoms with Crippen LogP contribution in [0.4, 0.5) is 0 Å². The molecule has 2 heterocycles. The molecule has 1 saturated heterocycles. The summed E-state index contributed by atoms with van der Waals surface area (Å²) in [6, 6.07) is 6.19. The fourth-order valence-electron chi connectivity index (χ4n) is 3.44. The highest BCUT2D eigenvalue weighted by Crippen LogP contribution is 2.19. The zero-order chi connectivity index (χ0) is 18.9. The number of amides is 1. The van der Waals surface area contributed by atoms with E-state index in [9.17, 15) is 13.2 Å². The van der Waals surface area contributed by atoms with Crippen molar-refractivity contribution in [2.24, 2.45) is 7.05 Å². The molecule has 1 aliphatic heterocycles. The molecule has 8 heteroatoms. The maximum absolute atomic E-state index is 12.2. The first-order valence-electron chi connectivity index (χ1n) is 8.85. The van der Waals surface area contributed by atoms with E-state index >= 15 is 0 Å². The number of aryl methyl sites for hydroxylation is 2. The third kappa shape index (κ3) is 4.24. The van der Waals surface area contributed by atoms with E-state index in [1.54, 1.807) is 0 Å². The summed E-state index contributed by atoms with van der Waals surface area (Å²) < 4.78 is 24.9. The molecule has 0 radical (unpaired) electrons. The number of fused-ring (bicyclic) bond motifs is 1. The molecule has 0 bridgehead atoms. The fourth-order valence-corrected chi connectivity index (χ4v) is 5.24. The Morgan fingerprint density at radius 2 is 2.19 bits per heavy atom. The predicted molar refractivity (Wildman–Crippen MR) is 102 cm³/mol. The zero-order valence-electron chi connectivity index (χ0n) is 15.5. The highest BCUT2D eigenvalue weighted by molar-refractivity contribution is 7.91. The van der Waals surface area contributed by atoms with E-state index in [2.05, 4.69) is 16.5 Å². The quantitative estimate of drug-likeness (QED) is 0.811. The molecule has 0 saturated carbocycles. The maximum Gasteiger partial charge on any atom is 0.221 e. The number of hydrogen-bond donors (Lipinski definition) is 1. The lowest BCUT2D eigenvalue weighted by Gasteiger charge is -2.22. The van der Waals surface area contributed by atoms with Crippen LogP contribution >= 0.6 is 0 Å². The van der Waals surface area contributed by atoms with Crippen molar-refractivity contribution in [1.82, 2.24) is 20.0 Å². The van der Waals surface area contributed by atoms with Crippen LogP contribution in [0.2, 0.25) is 0 Å². The van der Waals surface area contributed by atoms with E-state index in [1.807, 2.05) is 42.7 Å². The highest BCUT2D eigenvalue weighted by atomic mass is 32.2. The minimum atomic E-state index is -2.90. The standard InChI is InChI=1S/C18H26N4O3S/c1-13-4-5-17-15(10-13)16(20-22(17)3)11-19-18(23)6-8-21(2)14-7-9-26(24,25)12-14/h4-5,10,14H,6-9,11-12H2,1-3H3,(H,19,23). The summed E-state index contributed by atoms with van der Waals surface area (Å²) in [5.74, 6) is 0.397. The van der Waals surface area contributed by atoms with Crippen molar-refractivity contribution >= 4 is 26.6 Å². The number of rotatable bonds is 6. The number of nitrogens with zero attached hydrogens (tertiary/aromatic N) is 3. The highest BCUT2D eigenvalue weighted by Gasteiger charge is 2.30. The summed E-state index contributed by atoms with van der Waals surface area (Å²) in [4.78, 5) is 14.2. The fraction of sp³-hybridized carbons (Fsp3) is 0.556. The minimum absolute atomic E-state index is 0.0236. The van der Waals surface area contributed by atoms with Gasteiger partial charge in [0.25, 0.3) is 0 Å². The molecule has 1 atom stereocenters. The summed E-state index contributed by atoms with van der Waals surface area (Å²) in [6.45, 7) is 2.98. The second-order valence-corrected chi connectivity index (χ2v) is 9.38. The van der Waals surface area contributed by atoms with Crippen molar-refractivity contribution in [3.63, 3.8) is 0 Å². The van der Waals surface area contributed by atoms with Crippen LogP contribution < -0.4 is 5.32 Å². The molecule has 1 aliphatic rings. The van der Waals surface area contributed by atoms with Gasteiger partial charge in [-0.1, -0.05) is 11.6 Å². The first kappa shape index (κ1) is 18.8. The Kier molecular flexibility index (Phi) is 5.34. The van der Waals surface area contributed by atoms with Crippen LogP contribution in [-0.2, 0) is 28.2 Å². The van der Waals surface area contributed by atoms with Gasteiger partial charge in [0.15, 0.2) is 9.84 Å². The largest absolute Gasteiger partial charge is 0.350 e. The summed E-state index contributed by atoms with van der Waals surface area (Å²) >= 11 is 0. The number of benzene rings is 1. The van der Waals surface area contributed by atoms with Gasteiger partial charge in [-0.15, -0.1) is 0 Å². The molecule has 1 fully saturated rings. The van der Waals surface area contributed by atoms with Crippen LogP contribution in [-0.4, -0.2) is 60.1 Å². The van der Waals surface area contributed by atoms with E-state index < -0.39 is 9.84 Å². The maximum atomic E-state index is 12.2. The molecule has 1 aromatic heterocycles. The van der Waals surface area contributed by atoms with Gasteiger partial charge >= 0.3 is 0 Å². The number of sulfone groups is 1. The van der Waals surface area contributed by atoms with E-state index in [1.165, 1.54) is 0 Å². The van der Waals surface area contributed by atoms with E-state index in [0.717, 1.165) is 22.2 Å². The molecular weight excluding hydrogens is 352 g/mol. The van der Waals surface area contributed by atoms with Crippen molar-refractivity contribution in [3.05, 3.63) is 29.5 Å². The van der Waals surface area contributed by atoms with Gasteiger partial charge in [-0.2, -0.15) is 5.10 Å². The Morgan fingerprint density at radius 3 is 2.88 bits per heavy atom. The molecule has 1 N–H and O–H groups in total. The summed E-state index contributed by atoms with van der Waals surface area (Å²) in [6.07, 6.45) is 0.997.